The van der Waals surface area contributed by atoms with Crippen LogP contribution in [0, 0.1) is 13.8 Å². The normalized spacial score (nSPS) is 16.0. The van der Waals surface area contributed by atoms with Gasteiger partial charge < -0.3 is 20.1 Å². The van der Waals surface area contributed by atoms with Gasteiger partial charge in [0.25, 0.3) is 0 Å². The van der Waals surface area contributed by atoms with E-state index in [1.807, 2.05) is 19.9 Å². The molecule has 30 heavy (non-hydrogen) atoms. The van der Waals surface area contributed by atoms with Gasteiger partial charge >= 0.3 is 18.0 Å². The van der Waals surface area contributed by atoms with Gasteiger partial charge in [0, 0.05) is 5.69 Å². The Morgan fingerprint density at radius 1 is 1.13 bits per heavy atom. The minimum Gasteiger partial charge on any atom is -0.463 e. The van der Waals surface area contributed by atoms with Gasteiger partial charge in [0.15, 0.2) is 0 Å². The Balaban J connectivity index is 1.73. The Bertz CT molecular complexity index is 1010. The summed E-state index contributed by atoms with van der Waals surface area (Å²) >= 11 is 0. The molecule has 0 radical (unpaired) electrons. The maximum absolute atomic E-state index is 12.5. The number of hydrogen-bond donors (Lipinski definition) is 2. The number of hydrogen-bond acceptors (Lipinski definition) is 6. The zero-order valence-corrected chi connectivity index (χ0v) is 17.3. The number of nitrogens with zero attached hydrogens (tertiary/aromatic N) is 2. The lowest BCUT2D eigenvalue weighted by Crippen LogP contribution is -2.50. The number of amides is 2. The molecule has 2 heterocycles. The summed E-state index contributed by atoms with van der Waals surface area (Å²) in [6.07, 6.45) is 0. The minimum absolute atomic E-state index is 0.192. The van der Waals surface area contributed by atoms with E-state index in [9.17, 15) is 14.4 Å². The molecule has 2 amide bonds. The number of nitrogens with one attached hydrogen (secondary N) is 2. The van der Waals surface area contributed by atoms with Crippen molar-refractivity contribution in [1.29, 1.82) is 0 Å². The third kappa shape index (κ3) is 4.51. The Labute approximate surface area is 174 Å². The molecule has 0 fully saturated rings. The first-order valence-corrected chi connectivity index (χ1v) is 9.58. The molecular weight excluding hydrogens is 388 g/mol. The summed E-state index contributed by atoms with van der Waals surface area (Å²) in [6.45, 7) is 7.14. The van der Waals surface area contributed by atoms with Crippen molar-refractivity contribution < 1.29 is 23.9 Å². The van der Waals surface area contributed by atoms with Crippen LogP contribution in [0.4, 0.5) is 4.79 Å². The summed E-state index contributed by atoms with van der Waals surface area (Å²) < 4.78 is 12.1. The largest absolute Gasteiger partial charge is 0.463 e. The van der Waals surface area contributed by atoms with Gasteiger partial charge in [0.1, 0.15) is 6.61 Å². The molecule has 2 aromatic rings. The lowest BCUT2D eigenvalue weighted by atomic mass is 10.0. The molecule has 0 spiro atoms. The number of rotatable bonds is 6. The van der Waals surface area contributed by atoms with E-state index in [0.29, 0.717) is 5.56 Å². The molecule has 0 bridgehead atoms. The smallest absolute Gasteiger partial charge is 0.338 e. The molecule has 1 aromatic carbocycles. The summed E-state index contributed by atoms with van der Waals surface area (Å²) in [5.41, 5.74) is 3.48. The Hall–Kier alpha value is -3.62. The molecule has 0 saturated heterocycles. The second kappa shape index (κ2) is 8.81. The second-order valence-electron chi connectivity index (χ2n) is 6.89. The molecule has 3 rings (SSSR count). The zero-order valence-electron chi connectivity index (χ0n) is 17.3. The van der Waals surface area contributed by atoms with Crippen LogP contribution in [-0.2, 0) is 14.3 Å². The zero-order chi connectivity index (χ0) is 21.8. The Morgan fingerprint density at radius 2 is 1.83 bits per heavy atom. The van der Waals surface area contributed by atoms with Crippen LogP contribution in [0.1, 0.15) is 35.6 Å². The lowest BCUT2D eigenvalue weighted by molar-refractivity contribution is -0.139. The topological polar surface area (TPSA) is 112 Å². The van der Waals surface area contributed by atoms with Crippen molar-refractivity contribution in [3.8, 4) is 5.69 Å². The highest BCUT2D eigenvalue weighted by molar-refractivity contribution is 5.95. The van der Waals surface area contributed by atoms with E-state index in [4.69, 9.17) is 9.47 Å². The molecule has 1 aliphatic rings. The van der Waals surface area contributed by atoms with Crippen molar-refractivity contribution in [2.75, 3.05) is 13.2 Å². The third-order valence-corrected chi connectivity index (χ3v) is 4.57. The van der Waals surface area contributed by atoms with Crippen LogP contribution >= 0.6 is 0 Å². The molecular formula is C21H24N4O5. The number of carbonyl (C=O) groups is 3. The molecule has 1 aliphatic heterocycles. The number of ether oxygens (including phenoxy) is 2. The maximum Gasteiger partial charge on any atom is 0.338 e. The van der Waals surface area contributed by atoms with Gasteiger partial charge in [0.05, 0.1) is 40.9 Å². The van der Waals surface area contributed by atoms with E-state index in [1.165, 1.54) is 0 Å². The van der Waals surface area contributed by atoms with Crippen LogP contribution in [0.5, 0.6) is 0 Å². The average Bonchev–Trinajstić information content (AvgIpc) is 3.04. The van der Waals surface area contributed by atoms with E-state index in [1.54, 1.807) is 42.8 Å². The number of urea groups is 1. The molecule has 2 N–H and O–H groups in total. The van der Waals surface area contributed by atoms with Crippen LogP contribution in [0.2, 0.25) is 0 Å². The first kappa shape index (κ1) is 21.1. The maximum atomic E-state index is 12.5. The van der Waals surface area contributed by atoms with Crippen molar-refractivity contribution in [2.24, 2.45) is 0 Å². The standard InChI is InChI=1S/C21H24N4O5/c1-5-29-20(27)18-14(4)22-21(28)23-17(18)11-30-19(26)15-6-8-16(9-7-15)25-13(3)10-12(2)24-25/h6-10,14H,5,11H2,1-4H3,(H2,22,23,28). The molecule has 9 nitrogen and oxygen atoms in total. The quantitative estimate of drug-likeness (QED) is 0.704. The van der Waals surface area contributed by atoms with Crippen LogP contribution < -0.4 is 10.6 Å². The summed E-state index contributed by atoms with van der Waals surface area (Å²) in [6, 6.07) is 7.74. The molecule has 0 aliphatic carbocycles. The number of aromatic nitrogens is 2. The van der Waals surface area contributed by atoms with E-state index in [0.717, 1.165) is 17.1 Å². The summed E-state index contributed by atoms with van der Waals surface area (Å²) in [5.74, 6) is -1.15. The second-order valence-corrected chi connectivity index (χ2v) is 6.89. The van der Waals surface area contributed by atoms with Gasteiger partial charge in [-0.1, -0.05) is 0 Å². The monoisotopic (exact) mass is 412 g/mol. The molecule has 1 unspecified atom stereocenters. The van der Waals surface area contributed by atoms with Crippen molar-refractivity contribution >= 4 is 18.0 Å². The predicted molar refractivity (Wildman–Crippen MR) is 108 cm³/mol. The van der Waals surface area contributed by atoms with Gasteiger partial charge in [-0.25, -0.2) is 19.1 Å². The third-order valence-electron chi connectivity index (χ3n) is 4.57. The molecule has 1 atom stereocenters. The first-order chi connectivity index (χ1) is 14.3. The highest BCUT2D eigenvalue weighted by Gasteiger charge is 2.30. The molecule has 0 saturated carbocycles. The van der Waals surface area contributed by atoms with Crippen molar-refractivity contribution in [1.82, 2.24) is 20.4 Å². The van der Waals surface area contributed by atoms with E-state index >= 15 is 0 Å². The summed E-state index contributed by atoms with van der Waals surface area (Å²) in [5, 5.41) is 9.52. The lowest BCUT2D eigenvalue weighted by Gasteiger charge is -2.26. The molecule has 158 valence electrons. The minimum atomic E-state index is -0.578. The predicted octanol–water partition coefficient (Wildman–Crippen LogP) is 2.16. The van der Waals surface area contributed by atoms with E-state index in [-0.39, 0.29) is 24.5 Å². The van der Waals surface area contributed by atoms with Gasteiger partial charge in [-0.05, 0) is 58.0 Å². The SMILES string of the molecule is CCOC(=O)C1=C(COC(=O)c2ccc(-n3nc(C)cc3C)cc2)NC(=O)NC1C. The summed E-state index contributed by atoms with van der Waals surface area (Å²) in [7, 11) is 0. The molecule has 1 aromatic heterocycles. The van der Waals surface area contributed by atoms with Crippen LogP contribution in [0.15, 0.2) is 41.6 Å². The van der Waals surface area contributed by atoms with Crippen LogP contribution in [0.25, 0.3) is 5.69 Å². The van der Waals surface area contributed by atoms with Crippen molar-refractivity contribution in [3.63, 3.8) is 0 Å². The van der Waals surface area contributed by atoms with Crippen LogP contribution in [0.3, 0.4) is 0 Å². The Kier molecular flexibility index (Phi) is 6.20. The van der Waals surface area contributed by atoms with Gasteiger partial charge in [-0.2, -0.15) is 5.10 Å². The number of aryl methyl sites for hydroxylation is 2. The molecule has 9 heteroatoms. The Morgan fingerprint density at radius 3 is 2.43 bits per heavy atom. The fourth-order valence-electron chi connectivity index (χ4n) is 3.24. The van der Waals surface area contributed by atoms with Gasteiger partial charge in [-0.15, -0.1) is 0 Å². The number of benzene rings is 1. The highest BCUT2D eigenvalue weighted by atomic mass is 16.5. The summed E-state index contributed by atoms with van der Waals surface area (Å²) in [4.78, 5) is 36.5. The number of carbonyl (C=O) groups excluding carboxylic acids is 3. The first-order valence-electron chi connectivity index (χ1n) is 9.58. The fourth-order valence-corrected chi connectivity index (χ4v) is 3.24. The number of esters is 2. The van der Waals surface area contributed by atoms with Crippen molar-refractivity contribution in [2.45, 2.75) is 33.7 Å². The fraction of sp³-hybridized carbons (Fsp3) is 0.333. The van der Waals surface area contributed by atoms with Crippen molar-refractivity contribution in [3.05, 3.63) is 58.6 Å². The van der Waals surface area contributed by atoms with E-state index < -0.39 is 24.0 Å². The van der Waals surface area contributed by atoms with Gasteiger partial charge in [-0.3, -0.25) is 0 Å². The van der Waals surface area contributed by atoms with E-state index in [2.05, 4.69) is 15.7 Å². The highest BCUT2D eigenvalue weighted by Crippen LogP contribution is 2.17. The average molecular weight is 412 g/mol. The van der Waals surface area contributed by atoms with Gasteiger partial charge in [0.2, 0.25) is 0 Å². The van der Waals surface area contributed by atoms with Crippen LogP contribution in [-0.4, -0.2) is 47.0 Å².